The van der Waals surface area contributed by atoms with Crippen molar-refractivity contribution >= 4 is 7.82 Å². The number of halogens is 9. The molecular formula is C6H6F9O7P. The average molecular weight is 392 g/mol. The molecule has 0 saturated heterocycles. The minimum atomic E-state index is -5.64. The molecule has 0 aliphatic carbocycles. The van der Waals surface area contributed by atoms with Crippen molar-refractivity contribution in [3.8, 4) is 0 Å². The lowest BCUT2D eigenvalue weighted by atomic mass is 10.7. The van der Waals surface area contributed by atoms with Gasteiger partial charge in [0, 0.05) is 0 Å². The molecule has 0 radical (unpaired) electrons. The maximum absolute atomic E-state index is 11.7. The van der Waals surface area contributed by atoms with Gasteiger partial charge in [0.25, 0.3) is 0 Å². The smallest absolute Gasteiger partial charge is 0.220 e. The highest BCUT2D eigenvalue weighted by atomic mass is 31.2. The summed E-state index contributed by atoms with van der Waals surface area (Å²) in [6.45, 7) is -6.74. The lowest BCUT2D eigenvalue weighted by Crippen LogP contribution is -2.20. The van der Waals surface area contributed by atoms with Gasteiger partial charge in [-0.15, -0.1) is 14.0 Å². The van der Waals surface area contributed by atoms with Crippen molar-refractivity contribution in [1.82, 2.24) is 0 Å². The summed E-state index contributed by atoms with van der Waals surface area (Å²) in [5.74, 6) is 0. The molecule has 0 heterocycles. The van der Waals surface area contributed by atoms with Gasteiger partial charge in [-0.2, -0.15) is 39.5 Å². The number of alkyl halides is 9. The quantitative estimate of drug-likeness (QED) is 0.257. The van der Waals surface area contributed by atoms with Crippen LogP contribution in [0.5, 0.6) is 0 Å². The third-order valence-corrected chi connectivity index (χ3v) is 1.96. The van der Waals surface area contributed by atoms with E-state index in [1.54, 1.807) is 0 Å². The Hall–Kier alpha value is -0.640. The summed E-state index contributed by atoms with van der Waals surface area (Å²) in [5, 5.41) is 0. The van der Waals surface area contributed by atoms with E-state index in [0.717, 1.165) is 0 Å². The minimum absolute atomic E-state index is 2.25. The van der Waals surface area contributed by atoms with E-state index in [-0.39, 0.29) is 0 Å². The van der Waals surface area contributed by atoms with Crippen LogP contribution in [0.3, 0.4) is 0 Å². The van der Waals surface area contributed by atoms with Gasteiger partial charge in [-0.3, -0.25) is 0 Å². The van der Waals surface area contributed by atoms with E-state index in [9.17, 15) is 44.1 Å². The summed E-state index contributed by atoms with van der Waals surface area (Å²) < 4.78 is 127. The monoisotopic (exact) mass is 392 g/mol. The first kappa shape index (κ1) is 22.4. The molecule has 0 aromatic carbocycles. The van der Waals surface area contributed by atoms with Gasteiger partial charge in [-0.05, 0) is 0 Å². The van der Waals surface area contributed by atoms with E-state index in [1.807, 2.05) is 0 Å². The highest BCUT2D eigenvalue weighted by molar-refractivity contribution is 7.48. The van der Waals surface area contributed by atoms with E-state index >= 15 is 0 Å². The van der Waals surface area contributed by atoms with Crippen LogP contribution < -0.4 is 0 Å². The van der Waals surface area contributed by atoms with Crippen LogP contribution in [0.4, 0.5) is 39.5 Å². The minimum Gasteiger partial charge on any atom is -0.220 e. The van der Waals surface area contributed by atoms with E-state index < -0.39 is 46.2 Å². The van der Waals surface area contributed by atoms with Crippen molar-refractivity contribution in [1.29, 1.82) is 0 Å². The SMILES string of the molecule is O=P(OOCC(F)(F)F)(OOCC(F)(F)F)OOCC(F)(F)F. The molecule has 7 nitrogen and oxygen atoms in total. The molecule has 23 heavy (non-hydrogen) atoms. The first-order valence-electron chi connectivity index (χ1n) is 4.86. The van der Waals surface area contributed by atoms with E-state index in [2.05, 4.69) is 28.7 Å². The number of hydrogen-bond donors (Lipinski definition) is 0. The number of hydrogen-bond acceptors (Lipinski definition) is 7. The van der Waals surface area contributed by atoms with Crippen LogP contribution in [-0.2, 0) is 33.3 Å². The Balaban J connectivity index is 4.53. The van der Waals surface area contributed by atoms with Gasteiger partial charge >= 0.3 is 26.4 Å². The van der Waals surface area contributed by atoms with Crippen molar-refractivity contribution in [2.45, 2.75) is 18.5 Å². The fraction of sp³-hybridized carbons (Fsp3) is 1.00. The van der Waals surface area contributed by atoms with Crippen LogP contribution in [-0.4, -0.2) is 38.3 Å². The molecule has 0 aliphatic heterocycles. The van der Waals surface area contributed by atoms with Crippen LogP contribution in [0.2, 0.25) is 0 Å². The van der Waals surface area contributed by atoms with E-state index in [0.29, 0.717) is 0 Å². The standard InChI is InChI=1S/C6H6F9O7P/c7-4(8,9)1-17-20-23(16,21-18-2-5(10,11)12)22-19-3-6(13,14)15/h1-3H2. The zero-order valence-electron chi connectivity index (χ0n) is 10.3. The van der Waals surface area contributed by atoms with Crippen molar-refractivity contribution in [2.75, 3.05) is 19.8 Å². The third kappa shape index (κ3) is 14.7. The second-order valence-electron chi connectivity index (χ2n) is 3.30. The maximum atomic E-state index is 11.7. The maximum Gasteiger partial charge on any atom is 0.556 e. The molecular weight excluding hydrogens is 386 g/mol. The lowest BCUT2D eigenvalue weighted by molar-refractivity contribution is -0.364. The van der Waals surface area contributed by atoms with E-state index in [1.165, 1.54) is 0 Å². The van der Waals surface area contributed by atoms with Gasteiger partial charge in [0.1, 0.15) is 0 Å². The normalized spacial score (nSPS) is 14.3. The predicted octanol–water partition coefficient (Wildman–Crippen LogP) is 3.63. The summed E-state index contributed by atoms with van der Waals surface area (Å²) in [4.78, 5) is 9.80. The van der Waals surface area contributed by atoms with Gasteiger partial charge in [-0.1, -0.05) is 0 Å². The molecule has 0 amide bonds. The number of phosphoric acid groups is 1. The molecule has 0 atom stereocenters. The summed E-state index contributed by atoms with van der Waals surface area (Å²) in [5.41, 5.74) is 0. The molecule has 0 fully saturated rings. The van der Waals surface area contributed by atoms with Gasteiger partial charge in [0.2, 0.25) is 0 Å². The first-order chi connectivity index (χ1) is 10.1. The van der Waals surface area contributed by atoms with Crippen LogP contribution in [0.15, 0.2) is 0 Å². The fourth-order valence-electron chi connectivity index (χ4n) is 0.510. The van der Waals surface area contributed by atoms with Gasteiger partial charge in [0.05, 0.1) is 0 Å². The Bertz CT molecular complexity index is 334. The third-order valence-electron chi connectivity index (χ3n) is 1.10. The first-order valence-corrected chi connectivity index (χ1v) is 6.32. The van der Waals surface area contributed by atoms with Crippen molar-refractivity contribution < 1.29 is 72.8 Å². The molecule has 0 rings (SSSR count). The molecule has 0 saturated carbocycles. The molecule has 0 spiro atoms. The van der Waals surface area contributed by atoms with Crippen LogP contribution in [0.1, 0.15) is 0 Å². The zero-order valence-corrected chi connectivity index (χ0v) is 11.2. The second-order valence-corrected chi connectivity index (χ2v) is 4.64. The molecule has 0 unspecified atom stereocenters. The van der Waals surface area contributed by atoms with Crippen molar-refractivity contribution in [3.05, 3.63) is 0 Å². The average Bonchev–Trinajstić information content (AvgIpc) is 2.22. The van der Waals surface area contributed by atoms with Crippen molar-refractivity contribution in [3.63, 3.8) is 0 Å². The highest BCUT2D eigenvalue weighted by Gasteiger charge is 2.39. The lowest BCUT2D eigenvalue weighted by Gasteiger charge is -2.16. The van der Waals surface area contributed by atoms with E-state index in [4.69, 9.17) is 0 Å². The topological polar surface area (TPSA) is 72.5 Å². The Kier molecular flexibility index (Phi) is 8.22. The second kappa shape index (κ2) is 8.46. The summed E-state index contributed by atoms with van der Waals surface area (Å²) in [6, 6.07) is 0. The van der Waals surface area contributed by atoms with Crippen LogP contribution in [0, 0.1) is 0 Å². The Morgan fingerprint density at radius 3 is 0.957 bits per heavy atom. The Morgan fingerprint density at radius 1 is 0.565 bits per heavy atom. The number of rotatable bonds is 9. The fourth-order valence-corrected chi connectivity index (χ4v) is 1.13. The Labute approximate surface area is 120 Å². The highest BCUT2D eigenvalue weighted by Crippen LogP contribution is 2.50. The summed E-state index contributed by atoms with van der Waals surface area (Å²) >= 11 is 0. The van der Waals surface area contributed by atoms with Gasteiger partial charge in [0.15, 0.2) is 19.8 Å². The van der Waals surface area contributed by atoms with Crippen molar-refractivity contribution in [2.24, 2.45) is 0 Å². The molecule has 140 valence electrons. The summed E-state index contributed by atoms with van der Waals surface area (Å²) in [6.07, 6.45) is -15.1. The Morgan fingerprint density at radius 2 is 0.783 bits per heavy atom. The largest absolute Gasteiger partial charge is 0.556 e. The van der Waals surface area contributed by atoms with Gasteiger partial charge < -0.3 is 0 Å². The molecule has 17 heteroatoms. The summed E-state index contributed by atoms with van der Waals surface area (Å²) in [7, 11) is -5.64. The zero-order chi connectivity index (χ0) is 18.4. The molecule has 0 aromatic heterocycles. The van der Waals surface area contributed by atoms with Crippen LogP contribution >= 0.6 is 7.82 Å². The van der Waals surface area contributed by atoms with Gasteiger partial charge in [-0.25, -0.2) is 19.2 Å². The van der Waals surface area contributed by atoms with Crippen LogP contribution in [0.25, 0.3) is 0 Å². The molecule has 0 aliphatic rings. The molecule has 0 bridgehead atoms. The molecule has 0 aromatic rings. The molecule has 0 N–H and O–H groups in total. The predicted molar refractivity (Wildman–Crippen MR) is 46.9 cm³/mol.